The Kier molecular flexibility index (Phi) is 6.16. The van der Waals surface area contributed by atoms with E-state index in [4.69, 9.17) is 5.11 Å². The highest BCUT2D eigenvalue weighted by Crippen LogP contribution is 2.30. The molecule has 0 bridgehead atoms. The summed E-state index contributed by atoms with van der Waals surface area (Å²) in [7, 11) is 0. The van der Waals surface area contributed by atoms with Crippen LogP contribution in [0.3, 0.4) is 0 Å². The molecule has 0 saturated carbocycles. The van der Waals surface area contributed by atoms with Crippen molar-refractivity contribution in [2.45, 2.75) is 12.6 Å². The lowest BCUT2D eigenvalue weighted by Crippen LogP contribution is -2.47. The van der Waals surface area contributed by atoms with Crippen molar-refractivity contribution in [3.05, 3.63) is 101 Å². The smallest absolute Gasteiger partial charge is 0.354 e. The fraction of sp³-hybridized carbons (Fsp3) is 0.250. The molecule has 2 heterocycles. The average Bonchev–Trinajstić information content (AvgIpc) is 2.76. The maximum atomic E-state index is 13.9. The number of nitrogens with zero attached hydrogens (tertiary/aromatic N) is 3. The van der Waals surface area contributed by atoms with Crippen LogP contribution < -0.4 is 0 Å². The van der Waals surface area contributed by atoms with Gasteiger partial charge in [0.25, 0.3) is 0 Å². The summed E-state index contributed by atoms with van der Waals surface area (Å²) in [4.78, 5) is 20.0. The van der Waals surface area contributed by atoms with Gasteiger partial charge in [-0.25, -0.2) is 14.2 Å². The maximum absolute atomic E-state index is 13.9. The summed E-state index contributed by atoms with van der Waals surface area (Å²) in [5.41, 5.74) is 2.92. The first-order valence-corrected chi connectivity index (χ1v) is 10.1. The van der Waals surface area contributed by atoms with Gasteiger partial charge >= 0.3 is 5.97 Å². The Morgan fingerprint density at radius 2 is 1.63 bits per heavy atom. The van der Waals surface area contributed by atoms with E-state index in [2.05, 4.69) is 26.9 Å². The van der Waals surface area contributed by atoms with Gasteiger partial charge in [0.05, 0.1) is 11.7 Å². The van der Waals surface area contributed by atoms with E-state index < -0.39 is 5.97 Å². The van der Waals surface area contributed by atoms with E-state index in [-0.39, 0.29) is 17.6 Å². The molecule has 2 aromatic carbocycles. The molecule has 1 atom stereocenters. The summed E-state index contributed by atoms with van der Waals surface area (Å²) in [6, 6.07) is 22.1. The first-order chi connectivity index (χ1) is 14.6. The number of pyridine rings is 1. The number of carbonyl (C=O) groups is 1. The van der Waals surface area contributed by atoms with Crippen molar-refractivity contribution in [2.75, 3.05) is 26.2 Å². The lowest BCUT2D eigenvalue weighted by atomic mass is 9.96. The summed E-state index contributed by atoms with van der Waals surface area (Å²) in [6.45, 7) is 3.93. The highest BCUT2D eigenvalue weighted by molar-refractivity contribution is 5.85. The van der Waals surface area contributed by atoms with Gasteiger partial charge in [0, 0.05) is 32.7 Å². The lowest BCUT2D eigenvalue weighted by molar-refractivity contribution is 0.0689. The van der Waals surface area contributed by atoms with E-state index in [1.54, 1.807) is 18.2 Å². The minimum absolute atomic E-state index is 0.00230. The van der Waals surface area contributed by atoms with Gasteiger partial charge in [-0.1, -0.05) is 48.5 Å². The molecule has 30 heavy (non-hydrogen) atoms. The summed E-state index contributed by atoms with van der Waals surface area (Å²) in [6.07, 6.45) is 0. The van der Waals surface area contributed by atoms with Crippen LogP contribution in [-0.4, -0.2) is 52.0 Å². The number of hydrogen-bond donors (Lipinski definition) is 1. The van der Waals surface area contributed by atoms with Crippen LogP contribution in [0.1, 0.15) is 33.4 Å². The lowest BCUT2D eigenvalue weighted by Gasteiger charge is -2.39. The van der Waals surface area contributed by atoms with Gasteiger partial charge in [-0.15, -0.1) is 0 Å². The summed E-state index contributed by atoms with van der Waals surface area (Å²) in [5.74, 6) is -1.24. The summed E-state index contributed by atoms with van der Waals surface area (Å²) in [5, 5.41) is 9.14. The number of benzene rings is 2. The topological polar surface area (TPSA) is 56.7 Å². The first-order valence-electron chi connectivity index (χ1n) is 10.1. The third kappa shape index (κ3) is 4.72. The molecule has 1 aliphatic rings. The number of aromatic nitrogens is 1. The van der Waals surface area contributed by atoms with Gasteiger partial charge in [-0.3, -0.25) is 9.80 Å². The third-order valence-electron chi connectivity index (χ3n) is 5.46. The Morgan fingerprint density at radius 1 is 0.933 bits per heavy atom. The molecule has 3 aromatic rings. The van der Waals surface area contributed by atoms with E-state index in [9.17, 15) is 9.18 Å². The number of carboxylic acid groups (broad SMARTS) is 1. The second kappa shape index (κ2) is 9.15. The Bertz CT molecular complexity index is 1000. The highest BCUT2D eigenvalue weighted by Gasteiger charge is 2.26. The Labute approximate surface area is 175 Å². The van der Waals surface area contributed by atoms with Crippen LogP contribution in [0.15, 0.2) is 72.8 Å². The van der Waals surface area contributed by atoms with Gasteiger partial charge in [0.2, 0.25) is 0 Å². The Hall–Kier alpha value is -3.09. The van der Waals surface area contributed by atoms with Crippen molar-refractivity contribution in [1.82, 2.24) is 14.8 Å². The third-order valence-corrected chi connectivity index (χ3v) is 5.46. The molecule has 1 fully saturated rings. The molecule has 0 aliphatic carbocycles. The standard InChI is InChI=1S/C24H24FN3O2/c25-20-9-4-8-19(16-20)23(18-6-2-1-3-7-18)28-14-12-27(13-15-28)17-21-10-5-11-22(26-21)24(29)30/h1-11,16,23H,12-15,17H2,(H,29,30). The quantitative estimate of drug-likeness (QED) is 0.676. The minimum atomic E-state index is -1.01. The van der Waals surface area contributed by atoms with E-state index in [1.165, 1.54) is 12.1 Å². The fourth-order valence-corrected chi connectivity index (χ4v) is 4.02. The molecule has 6 heteroatoms. The number of piperazine rings is 1. The molecule has 154 valence electrons. The molecule has 0 radical (unpaired) electrons. The molecule has 1 N–H and O–H groups in total. The first kappa shape index (κ1) is 20.2. The van der Waals surface area contributed by atoms with Crippen molar-refractivity contribution >= 4 is 5.97 Å². The number of hydrogen-bond acceptors (Lipinski definition) is 4. The van der Waals surface area contributed by atoms with Crippen molar-refractivity contribution in [3.63, 3.8) is 0 Å². The second-order valence-corrected chi connectivity index (χ2v) is 7.50. The van der Waals surface area contributed by atoms with Crippen LogP contribution in [0, 0.1) is 5.82 Å². The molecule has 5 nitrogen and oxygen atoms in total. The number of halogens is 1. The van der Waals surface area contributed by atoms with Gasteiger partial charge in [-0.05, 0) is 35.4 Å². The van der Waals surface area contributed by atoms with E-state index >= 15 is 0 Å². The Morgan fingerprint density at radius 3 is 2.33 bits per heavy atom. The summed E-state index contributed by atoms with van der Waals surface area (Å²) >= 11 is 0. The zero-order valence-corrected chi connectivity index (χ0v) is 16.6. The van der Waals surface area contributed by atoms with Crippen LogP contribution in [0.25, 0.3) is 0 Å². The van der Waals surface area contributed by atoms with Crippen molar-refractivity contribution in [1.29, 1.82) is 0 Å². The molecular weight excluding hydrogens is 381 g/mol. The largest absolute Gasteiger partial charge is 0.477 e. The molecule has 1 saturated heterocycles. The maximum Gasteiger partial charge on any atom is 0.354 e. The highest BCUT2D eigenvalue weighted by atomic mass is 19.1. The zero-order chi connectivity index (χ0) is 20.9. The van der Waals surface area contributed by atoms with Gasteiger partial charge < -0.3 is 5.11 Å². The summed E-state index contributed by atoms with van der Waals surface area (Å²) < 4.78 is 13.9. The van der Waals surface area contributed by atoms with E-state index in [1.807, 2.05) is 30.3 Å². The number of carboxylic acids is 1. The van der Waals surface area contributed by atoms with Gasteiger partial charge in [0.15, 0.2) is 0 Å². The van der Waals surface area contributed by atoms with E-state index in [0.717, 1.165) is 43.0 Å². The van der Waals surface area contributed by atoms with Gasteiger partial charge in [0.1, 0.15) is 11.5 Å². The molecule has 0 spiro atoms. The predicted molar refractivity (Wildman–Crippen MR) is 113 cm³/mol. The van der Waals surface area contributed by atoms with Crippen molar-refractivity contribution in [2.24, 2.45) is 0 Å². The van der Waals surface area contributed by atoms with Crippen molar-refractivity contribution in [3.8, 4) is 0 Å². The predicted octanol–water partition coefficient (Wildman–Crippen LogP) is 3.83. The molecule has 1 unspecified atom stereocenters. The normalized spacial score (nSPS) is 16.3. The van der Waals surface area contributed by atoms with Crippen LogP contribution in [0.2, 0.25) is 0 Å². The van der Waals surface area contributed by atoms with Gasteiger partial charge in [-0.2, -0.15) is 0 Å². The van der Waals surface area contributed by atoms with Crippen LogP contribution in [0.5, 0.6) is 0 Å². The Balaban J connectivity index is 1.48. The average molecular weight is 405 g/mol. The SMILES string of the molecule is O=C(O)c1cccc(CN2CCN(C(c3ccccc3)c3cccc(F)c3)CC2)n1. The van der Waals surface area contributed by atoms with Crippen LogP contribution >= 0.6 is 0 Å². The molecule has 1 aromatic heterocycles. The molecule has 0 amide bonds. The fourth-order valence-electron chi connectivity index (χ4n) is 4.02. The monoisotopic (exact) mass is 405 g/mol. The van der Waals surface area contributed by atoms with Crippen LogP contribution in [-0.2, 0) is 6.54 Å². The molecule has 4 rings (SSSR count). The minimum Gasteiger partial charge on any atom is -0.477 e. The van der Waals surface area contributed by atoms with Crippen LogP contribution in [0.4, 0.5) is 4.39 Å². The molecular formula is C24H24FN3O2. The number of aromatic carboxylic acids is 1. The molecule has 1 aliphatic heterocycles. The second-order valence-electron chi connectivity index (χ2n) is 7.50. The van der Waals surface area contributed by atoms with E-state index in [0.29, 0.717) is 6.54 Å². The zero-order valence-electron chi connectivity index (χ0n) is 16.6. The number of rotatable bonds is 6. The van der Waals surface area contributed by atoms with Crippen molar-refractivity contribution < 1.29 is 14.3 Å².